The fraction of sp³-hybridized carbons (Fsp3) is 0.731. The minimum absolute atomic E-state index is 0.267. The predicted molar refractivity (Wildman–Crippen MR) is 115 cm³/mol. The van der Waals surface area contributed by atoms with Crippen molar-refractivity contribution in [2.24, 2.45) is 46.3 Å². The van der Waals surface area contributed by atoms with Gasteiger partial charge in [-0.15, -0.1) is 6.42 Å². The van der Waals surface area contributed by atoms with Gasteiger partial charge in [0.25, 0.3) is 0 Å². The van der Waals surface area contributed by atoms with Gasteiger partial charge in [0.05, 0.1) is 19.6 Å². The normalized spacial score (nSPS) is 41.4. The number of ether oxygens (including phenoxy) is 2. The monoisotopic (exact) mass is 426 g/mol. The van der Waals surface area contributed by atoms with Crippen molar-refractivity contribution < 1.29 is 23.9 Å². The highest BCUT2D eigenvalue weighted by Gasteiger charge is 2.68. The fourth-order valence-corrected chi connectivity index (χ4v) is 8.19. The number of rotatable bonds is 3. The summed E-state index contributed by atoms with van der Waals surface area (Å²) < 4.78 is 10.1. The lowest BCUT2D eigenvalue weighted by Gasteiger charge is -2.58. The third kappa shape index (κ3) is 3.01. The zero-order chi connectivity index (χ0) is 22.6. The summed E-state index contributed by atoms with van der Waals surface area (Å²) in [4.78, 5) is 37.6. The number of carbonyl (C=O) groups is 3. The van der Waals surface area contributed by atoms with Crippen LogP contribution in [0.15, 0.2) is 11.6 Å². The van der Waals surface area contributed by atoms with E-state index in [0.717, 1.165) is 32.1 Å². The summed E-state index contributed by atoms with van der Waals surface area (Å²) in [5, 5.41) is 0. The molecule has 5 nitrogen and oxygen atoms in total. The number of fused-ring (bicyclic) bond motifs is 5. The van der Waals surface area contributed by atoms with Crippen molar-refractivity contribution in [1.82, 2.24) is 0 Å². The van der Waals surface area contributed by atoms with E-state index in [9.17, 15) is 14.4 Å². The summed E-state index contributed by atoms with van der Waals surface area (Å²) in [7, 11) is 2.60. The van der Waals surface area contributed by atoms with E-state index in [0.29, 0.717) is 42.4 Å². The molecule has 31 heavy (non-hydrogen) atoms. The molecule has 3 saturated carbocycles. The lowest BCUT2D eigenvalue weighted by Crippen LogP contribution is -2.55. The van der Waals surface area contributed by atoms with Gasteiger partial charge in [-0.1, -0.05) is 25.3 Å². The Bertz CT molecular complexity index is 850. The Kier molecular flexibility index (Phi) is 5.56. The lowest BCUT2D eigenvalue weighted by molar-refractivity contribution is -0.170. The second kappa shape index (κ2) is 7.80. The summed E-state index contributed by atoms with van der Waals surface area (Å²) in [6.45, 7) is 4.50. The molecule has 0 spiro atoms. The van der Waals surface area contributed by atoms with Gasteiger partial charge in [0, 0.05) is 6.42 Å². The number of esters is 2. The first kappa shape index (κ1) is 22.1. The van der Waals surface area contributed by atoms with Crippen LogP contribution in [-0.2, 0) is 23.9 Å². The maximum atomic E-state index is 12.8. The molecule has 5 heteroatoms. The molecule has 0 aliphatic heterocycles. The average molecular weight is 427 g/mol. The lowest BCUT2D eigenvalue weighted by atomic mass is 9.45. The smallest absolute Gasteiger partial charge is 0.321 e. The molecule has 0 aromatic heterocycles. The van der Waals surface area contributed by atoms with Crippen LogP contribution in [0.4, 0.5) is 0 Å². The van der Waals surface area contributed by atoms with Crippen LogP contribution in [0.5, 0.6) is 0 Å². The molecule has 0 amide bonds. The molecule has 3 fully saturated rings. The Labute approximate surface area is 185 Å². The van der Waals surface area contributed by atoms with E-state index >= 15 is 0 Å². The number of terminal acetylenes is 1. The SMILES string of the molecule is C#C[C@@]1(C(C(=O)OC)C(=O)OC)CCC2C3C(CC[C@@]21C)C1CCC(=O)C=C1C[C@H]3C. The van der Waals surface area contributed by atoms with Crippen LogP contribution in [-0.4, -0.2) is 31.9 Å². The molecule has 0 saturated heterocycles. The first-order chi connectivity index (χ1) is 14.7. The molecular weight excluding hydrogens is 392 g/mol. The molecule has 0 bridgehead atoms. The second-order valence-corrected chi connectivity index (χ2v) is 10.4. The first-order valence-electron chi connectivity index (χ1n) is 11.6. The zero-order valence-corrected chi connectivity index (χ0v) is 19.1. The van der Waals surface area contributed by atoms with Gasteiger partial charge in [0.15, 0.2) is 11.7 Å². The maximum absolute atomic E-state index is 12.8. The summed E-state index contributed by atoms with van der Waals surface area (Å²) in [6, 6.07) is 0. The highest BCUT2D eigenvalue weighted by molar-refractivity contribution is 5.96. The van der Waals surface area contributed by atoms with E-state index < -0.39 is 23.3 Å². The third-order valence-corrected chi connectivity index (χ3v) is 9.52. The molecule has 7 atom stereocenters. The number of hydrogen-bond acceptors (Lipinski definition) is 5. The van der Waals surface area contributed by atoms with E-state index in [2.05, 4.69) is 19.8 Å². The van der Waals surface area contributed by atoms with Crippen LogP contribution in [0.2, 0.25) is 0 Å². The number of allylic oxidation sites excluding steroid dienone is 1. The summed E-state index contributed by atoms with van der Waals surface area (Å²) >= 11 is 0. The summed E-state index contributed by atoms with van der Waals surface area (Å²) in [5.41, 5.74) is 0.105. The van der Waals surface area contributed by atoms with Crippen LogP contribution < -0.4 is 0 Å². The number of carbonyl (C=O) groups excluding carboxylic acids is 3. The average Bonchev–Trinajstić information content (AvgIpc) is 3.06. The van der Waals surface area contributed by atoms with Crippen molar-refractivity contribution in [1.29, 1.82) is 0 Å². The predicted octanol–water partition coefficient (Wildman–Crippen LogP) is 3.96. The Morgan fingerprint density at radius 3 is 2.45 bits per heavy atom. The van der Waals surface area contributed by atoms with Crippen LogP contribution >= 0.6 is 0 Å². The first-order valence-corrected chi connectivity index (χ1v) is 11.6. The Balaban J connectivity index is 1.74. The minimum atomic E-state index is -1.10. The molecule has 4 aliphatic carbocycles. The van der Waals surface area contributed by atoms with E-state index in [1.807, 2.05) is 6.08 Å². The molecule has 4 rings (SSSR count). The highest BCUT2D eigenvalue weighted by atomic mass is 16.5. The van der Waals surface area contributed by atoms with Crippen molar-refractivity contribution in [3.63, 3.8) is 0 Å². The molecule has 0 N–H and O–H groups in total. The zero-order valence-electron chi connectivity index (χ0n) is 19.1. The minimum Gasteiger partial charge on any atom is -0.468 e. The summed E-state index contributed by atoms with van der Waals surface area (Å²) in [5.74, 6) is 3.25. The van der Waals surface area contributed by atoms with Crippen LogP contribution in [0.3, 0.4) is 0 Å². The Morgan fingerprint density at radius 1 is 1.16 bits per heavy atom. The Morgan fingerprint density at radius 2 is 1.84 bits per heavy atom. The molecule has 0 aromatic carbocycles. The van der Waals surface area contributed by atoms with Crippen molar-refractivity contribution in [2.45, 2.75) is 58.8 Å². The van der Waals surface area contributed by atoms with Crippen LogP contribution in [0.25, 0.3) is 0 Å². The fourth-order valence-electron chi connectivity index (χ4n) is 8.19. The molecule has 4 aliphatic rings. The van der Waals surface area contributed by atoms with E-state index in [-0.39, 0.29) is 11.2 Å². The van der Waals surface area contributed by atoms with Crippen LogP contribution in [0.1, 0.15) is 58.8 Å². The number of ketones is 1. The van der Waals surface area contributed by atoms with E-state index in [1.165, 1.54) is 19.8 Å². The molecule has 4 unspecified atom stereocenters. The standard InChI is InChI=1S/C26H34O5/c1-6-26(22(23(28)30-4)24(29)31-5)12-10-20-21-15(2)13-16-14-17(27)7-8-18(16)19(21)9-11-25(20,26)3/h1,14-15,18-22H,7-13H2,2-5H3/t15-,18?,19?,20?,21?,25+,26+/m1/s1. The van der Waals surface area contributed by atoms with Gasteiger partial charge in [-0.25, -0.2) is 0 Å². The molecule has 0 radical (unpaired) electrons. The van der Waals surface area contributed by atoms with Crippen molar-refractivity contribution in [3.8, 4) is 12.3 Å². The Hall–Kier alpha value is -2.09. The largest absolute Gasteiger partial charge is 0.468 e. The molecular formula is C26H34O5. The van der Waals surface area contributed by atoms with Gasteiger partial charge in [0.2, 0.25) is 0 Å². The molecule has 0 heterocycles. The molecule has 168 valence electrons. The number of methoxy groups -OCH3 is 2. The summed E-state index contributed by atoms with van der Waals surface area (Å²) in [6.07, 6.45) is 14.1. The van der Waals surface area contributed by atoms with Gasteiger partial charge in [-0.05, 0) is 79.6 Å². The van der Waals surface area contributed by atoms with Gasteiger partial charge in [-0.2, -0.15) is 0 Å². The van der Waals surface area contributed by atoms with Gasteiger partial charge in [-0.3, -0.25) is 14.4 Å². The molecule has 0 aromatic rings. The van der Waals surface area contributed by atoms with Gasteiger partial charge < -0.3 is 9.47 Å². The van der Waals surface area contributed by atoms with Crippen molar-refractivity contribution >= 4 is 17.7 Å². The maximum Gasteiger partial charge on any atom is 0.321 e. The topological polar surface area (TPSA) is 69.7 Å². The van der Waals surface area contributed by atoms with E-state index in [1.54, 1.807) is 0 Å². The number of hydrogen-bond donors (Lipinski definition) is 0. The highest BCUT2D eigenvalue weighted by Crippen LogP contribution is 2.70. The van der Waals surface area contributed by atoms with E-state index in [4.69, 9.17) is 15.9 Å². The van der Waals surface area contributed by atoms with Gasteiger partial charge in [0.1, 0.15) is 0 Å². The second-order valence-electron chi connectivity index (χ2n) is 10.4. The quantitative estimate of drug-likeness (QED) is 0.388. The van der Waals surface area contributed by atoms with Crippen molar-refractivity contribution in [2.75, 3.05) is 14.2 Å². The van der Waals surface area contributed by atoms with Crippen LogP contribution in [0, 0.1) is 58.7 Å². The van der Waals surface area contributed by atoms with Gasteiger partial charge >= 0.3 is 11.9 Å². The van der Waals surface area contributed by atoms with Crippen molar-refractivity contribution in [3.05, 3.63) is 11.6 Å². The third-order valence-electron chi connectivity index (χ3n) is 9.52.